The summed E-state index contributed by atoms with van der Waals surface area (Å²) < 4.78 is 66.1. The van der Waals surface area contributed by atoms with E-state index in [2.05, 4.69) is 19.9 Å². The lowest BCUT2D eigenvalue weighted by molar-refractivity contribution is 0.198. The molecule has 1 atom stereocenters. The summed E-state index contributed by atoms with van der Waals surface area (Å²) in [5.74, 6) is -0.323. The molecule has 15 heteroatoms. The summed E-state index contributed by atoms with van der Waals surface area (Å²) in [4.78, 5) is 3.84. The number of aryl methyl sites for hydroxylation is 1. The SMILES string of the molecule is COc1cccc(OC)c1-n1c(NS(=O)(=O)CC(O)c2ccc(C#N)cc2S(C)(=O)=O)nnc1-c1cncc(C)c1. The van der Waals surface area contributed by atoms with Crippen LogP contribution in [0.2, 0.25) is 0 Å². The predicted molar refractivity (Wildman–Crippen MR) is 149 cm³/mol. The van der Waals surface area contributed by atoms with Crippen LogP contribution in [0.15, 0.2) is 59.8 Å². The van der Waals surface area contributed by atoms with E-state index < -0.39 is 31.7 Å². The van der Waals surface area contributed by atoms with Crippen molar-refractivity contribution >= 4 is 25.8 Å². The highest BCUT2D eigenvalue weighted by Gasteiger charge is 2.29. The Bertz CT molecular complexity index is 1840. The number of para-hydroxylation sites is 1. The number of rotatable bonds is 10. The molecule has 0 radical (unpaired) electrons. The fourth-order valence-corrected chi connectivity index (χ4v) is 6.22. The van der Waals surface area contributed by atoms with Gasteiger partial charge in [-0.3, -0.25) is 14.3 Å². The molecule has 41 heavy (non-hydrogen) atoms. The monoisotopic (exact) mass is 598 g/mol. The lowest BCUT2D eigenvalue weighted by atomic mass is 10.1. The summed E-state index contributed by atoms with van der Waals surface area (Å²) in [5.41, 5.74) is 1.50. The van der Waals surface area contributed by atoms with E-state index in [1.54, 1.807) is 30.5 Å². The van der Waals surface area contributed by atoms with Crippen LogP contribution in [0.4, 0.5) is 5.95 Å². The first-order valence-corrected chi connectivity index (χ1v) is 15.4. The molecule has 1 unspecified atom stereocenters. The number of hydrogen-bond acceptors (Lipinski definition) is 11. The first kappa shape index (κ1) is 29.5. The van der Waals surface area contributed by atoms with Gasteiger partial charge in [-0.2, -0.15) is 5.26 Å². The molecule has 2 N–H and O–H groups in total. The van der Waals surface area contributed by atoms with E-state index in [1.807, 2.05) is 13.0 Å². The van der Waals surface area contributed by atoms with Crippen LogP contribution < -0.4 is 14.2 Å². The molecule has 0 saturated heterocycles. The van der Waals surface area contributed by atoms with Crippen molar-refractivity contribution in [1.29, 1.82) is 5.26 Å². The topological polar surface area (TPSA) is 186 Å². The van der Waals surface area contributed by atoms with Gasteiger partial charge in [0, 0.05) is 29.8 Å². The Morgan fingerprint density at radius 2 is 1.73 bits per heavy atom. The Morgan fingerprint density at radius 1 is 1.05 bits per heavy atom. The molecule has 0 saturated carbocycles. The van der Waals surface area contributed by atoms with Crippen molar-refractivity contribution in [3.63, 3.8) is 0 Å². The second kappa shape index (κ2) is 11.5. The van der Waals surface area contributed by atoms with Crippen LogP contribution in [-0.2, 0) is 19.9 Å². The average molecular weight is 599 g/mol. The molecule has 2 aromatic carbocycles. The van der Waals surface area contributed by atoms with Gasteiger partial charge in [0.25, 0.3) is 0 Å². The van der Waals surface area contributed by atoms with Crippen molar-refractivity contribution in [1.82, 2.24) is 19.7 Å². The minimum atomic E-state index is -4.39. The number of ether oxygens (including phenoxy) is 2. The van der Waals surface area contributed by atoms with Crippen molar-refractivity contribution in [2.24, 2.45) is 0 Å². The number of benzene rings is 2. The largest absolute Gasteiger partial charge is 0.494 e. The Labute approximate surface area is 237 Å². The fraction of sp³-hybridized carbons (Fsp3) is 0.231. The number of nitriles is 1. The predicted octanol–water partition coefficient (Wildman–Crippen LogP) is 2.41. The third-order valence-corrected chi connectivity index (χ3v) is 8.35. The van der Waals surface area contributed by atoms with E-state index in [9.17, 15) is 21.9 Å². The Hall–Kier alpha value is -4.52. The maximum atomic E-state index is 13.3. The Balaban J connectivity index is 1.81. The number of aliphatic hydroxyl groups excluding tert-OH is 1. The smallest absolute Gasteiger partial charge is 0.243 e. The van der Waals surface area contributed by atoms with Crippen molar-refractivity contribution < 1.29 is 31.4 Å². The molecule has 214 valence electrons. The summed E-state index contributed by atoms with van der Waals surface area (Å²) in [6, 6.07) is 12.2. The van der Waals surface area contributed by atoms with Crippen LogP contribution >= 0.6 is 0 Å². The van der Waals surface area contributed by atoms with Gasteiger partial charge in [-0.25, -0.2) is 16.8 Å². The van der Waals surface area contributed by atoms with Gasteiger partial charge in [0.2, 0.25) is 16.0 Å². The number of aromatic nitrogens is 4. The molecule has 0 aliphatic rings. The van der Waals surface area contributed by atoms with Crippen molar-refractivity contribution in [2.45, 2.75) is 17.9 Å². The van der Waals surface area contributed by atoms with Crippen molar-refractivity contribution in [3.05, 3.63) is 71.5 Å². The number of nitrogens with one attached hydrogen (secondary N) is 1. The van der Waals surface area contributed by atoms with Gasteiger partial charge in [-0.1, -0.05) is 12.1 Å². The summed E-state index contributed by atoms with van der Waals surface area (Å²) in [7, 11) is -5.41. The first-order valence-electron chi connectivity index (χ1n) is 11.9. The summed E-state index contributed by atoms with van der Waals surface area (Å²) in [5, 5.41) is 28.3. The molecule has 4 rings (SSSR count). The van der Waals surface area contributed by atoms with Gasteiger partial charge >= 0.3 is 0 Å². The molecule has 0 aliphatic heterocycles. The van der Waals surface area contributed by atoms with E-state index >= 15 is 0 Å². The third-order valence-electron chi connectivity index (χ3n) is 5.95. The maximum absolute atomic E-state index is 13.3. The van der Waals surface area contributed by atoms with E-state index in [4.69, 9.17) is 14.7 Å². The second-order valence-corrected chi connectivity index (χ2v) is 12.7. The normalized spacial score (nSPS) is 12.4. The van der Waals surface area contributed by atoms with E-state index in [0.717, 1.165) is 17.9 Å². The first-order chi connectivity index (χ1) is 19.4. The number of pyridine rings is 1. The number of methoxy groups -OCH3 is 2. The van der Waals surface area contributed by atoms with Gasteiger partial charge in [0.15, 0.2) is 15.7 Å². The van der Waals surface area contributed by atoms with Crippen LogP contribution in [0, 0.1) is 18.3 Å². The van der Waals surface area contributed by atoms with Crippen LogP contribution in [-0.4, -0.2) is 67.9 Å². The van der Waals surface area contributed by atoms with E-state index in [-0.39, 0.29) is 27.8 Å². The molecule has 0 fully saturated rings. The Kier molecular flexibility index (Phi) is 8.29. The zero-order valence-corrected chi connectivity index (χ0v) is 24.1. The lowest BCUT2D eigenvalue weighted by Gasteiger charge is -2.19. The minimum absolute atomic E-state index is 0.0411. The molecular weight excluding hydrogens is 572 g/mol. The van der Waals surface area contributed by atoms with Gasteiger partial charge in [-0.05, 0) is 42.8 Å². The molecular formula is C26H26N6O7S2. The zero-order chi connectivity index (χ0) is 29.9. The second-order valence-electron chi connectivity index (χ2n) is 8.98. The summed E-state index contributed by atoms with van der Waals surface area (Å²) in [6.45, 7) is 1.83. The van der Waals surface area contributed by atoms with Gasteiger partial charge in [-0.15, -0.1) is 10.2 Å². The molecule has 13 nitrogen and oxygen atoms in total. The fourth-order valence-electron chi connectivity index (χ4n) is 4.16. The number of aliphatic hydroxyl groups is 1. The third kappa shape index (κ3) is 6.30. The quantitative estimate of drug-likeness (QED) is 0.273. The van der Waals surface area contributed by atoms with Crippen molar-refractivity contribution in [2.75, 3.05) is 31.0 Å². The highest BCUT2D eigenvalue weighted by Crippen LogP contribution is 2.38. The number of sulfonamides is 1. The van der Waals surface area contributed by atoms with Gasteiger partial charge < -0.3 is 14.6 Å². The summed E-state index contributed by atoms with van der Waals surface area (Å²) >= 11 is 0. The molecule has 2 aromatic heterocycles. The van der Waals surface area contributed by atoms with E-state index in [1.165, 1.54) is 37.1 Å². The molecule has 0 bridgehead atoms. The Morgan fingerprint density at radius 3 is 2.32 bits per heavy atom. The molecule has 0 amide bonds. The summed E-state index contributed by atoms with van der Waals surface area (Å²) in [6.07, 6.45) is 2.32. The molecule has 0 spiro atoms. The molecule has 0 aliphatic carbocycles. The average Bonchev–Trinajstić information content (AvgIpc) is 3.33. The van der Waals surface area contributed by atoms with Crippen LogP contribution in [0.5, 0.6) is 11.5 Å². The number of hydrogen-bond donors (Lipinski definition) is 2. The van der Waals surface area contributed by atoms with Gasteiger partial charge in [0.1, 0.15) is 17.2 Å². The number of anilines is 1. The van der Waals surface area contributed by atoms with Crippen LogP contribution in [0.25, 0.3) is 17.1 Å². The molecule has 2 heterocycles. The number of nitrogens with zero attached hydrogens (tertiary/aromatic N) is 5. The molecule has 4 aromatic rings. The highest BCUT2D eigenvalue weighted by atomic mass is 32.2. The number of sulfone groups is 1. The van der Waals surface area contributed by atoms with Crippen LogP contribution in [0.3, 0.4) is 0 Å². The standard InChI is InChI=1S/C26H26N6O7S2/c1-16-10-18(14-28-13-16)25-29-30-26(32(25)24-21(38-2)6-5-7-22(24)39-3)31-41(36,37)15-20(33)19-9-8-17(12-27)11-23(19)40(4,34)35/h5-11,13-14,20,33H,15H2,1-4H3,(H,30,31). The van der Waals surface area contributed by atoms with Gasteiger partial charge in [0.05, 0.1) is 42.6 Å². The van der Waals surface area contributed by atoms with Crippen LogP contribution in [0.1, 0.15) is 22.8 Å². The van der Waals surface area contributed by atoms with E-state index in [0.29, 0.717) is 22.7 Å². The highest BCUT2D eigenvalue weighted by molar-refractivity contribution is 7.92. The zero-order valence-electron chi connectivity index (χ0n) is 22.4. The maximum Gasteiger partial charge on any atom is 0.243 e. The van der Waals surface area contributed by atoms with Crippen molar-refractivity contribution in [3.8, 4) is 34.6 Å². The minimum Gasteiger partial charge on any atom is -0.494 e. The lowest BCUT2D eigenvalue weighted by Crippen LogP contribution is -2.24.